The Morgan fingerprint density at radius 3 is 2.54 bits per heavy atom. The van der Waals surface area contributed by atoms with E-state index in [0.717, 1.165) is 27.8 Å². The number of carbonyl (C=O) groups excluding carboxylic acids is 1. The average molecular weight is 378 g/mol. The molecule has 0 fully saturated rings. The number of ether oxygens (including phenoxy) is 2. The number of alkyl carbamates (subject to hydrolysis) is 1. The highest BCUT2D eigenvalue weighted by molar-refractivity contribution is 5.86. The second kappa shape index (κ2) is 8.30. The number of pyridine rings is 1. The third-order valence-electron chi connectivity index (χ3n) is 4.03. The molecule has 1 heterocycles. The third kappa shape index (κ3) is 5.46. The Morgan fingerprint density at radius 2 is 1.82 bits per heavy atom. The zero-order valence-electron chi connectivity index (χ0n) is 16.8. The standard InChI is InChI=1S/C23H26N2O3/c1-16-10-11-20-19(12-16)21(27-15-17-8-6-5-7-9-17)13-18(25-20)14-24-22(26)28-23(2,3)4/h5-13H,14-15H2,1-4H3,(H,24,26). The Bertz CT molecular complexity index is 963. The zero-order chi connectivity index (χ0) is 20.1. The molecule has 1 amide bonds. The van der Waals surface area contributed by atoms with Crippen LogP contribution in [0, 0.1) is 6.92 Å². The summed E-state index contributed by atoms with van der Waals surface area (Å²) in [7, 11) is 0. The molecule has 0 aliphatic rings. The van der Waals surface area contributed by atoms with Gasteiger partial charge in [-0.2, -0.15) is 0 Å². The second-order valence-electron chi connectivity index (χ2n) is 7.76. The van der Waals surface area contributed by atoms with E-state index in [1.54, 1.807) is 0 Å². The maximum atomic E-state index is 11.9. The molecule has 5 nitrogen and oxygen atoms in total. The van der Waals surface area contributed by atoms with Crippen LogP contribution in [0.3, 0.4) is 0 Å². The number of nitrogens with zero attached hydrogens (tertiary/aromatic N) is 1. The summed E-state index contributed by atoms with van der Waals surface area (Å²) in [6.07, 6.45) is -0.468. The molecule has 0 saturated carbocycles. The van der Waals surface area contributed by atoms with Crippen molar-refractivity contribution in [2.75, 3.05) is 0 Å². The number of nitrogens with one attached hydrogen (secondary N) is 1. The molecule has 0 aliphatic heterocycles. The first kappa shape index (κ1) is 19.7. The second-order valence-corrected chi connectivity index (χ2v) is 7.76. The predicted molar refractivity (Wildman–Crippen MR) is 110 cm³/mol. The molecule has 3 rings (SSSR count). The van der Waals surface area contributed by atoms with Gasteiger partial charge in [0.1, 0.15) is 18.0 Å². The van der Waals surface area contributed by atoms with Crippen LogP contribution in [-0.4, -0.2) is 16.7 Å². The van der Waals surface area contributed by atoms with Crippen LogP contribution in [0.5, 0.6) is 5.75 Å². The largest absolute Gasteiger partial charge is 0.488 e. The van der Waals surface area contributed by atoms with Crippen molar-refractivity contribution in [3.8, 4) is 5.75 Å². The van der Waals surface area contributed by atoms with Crippen molar-refractivity contribution in [3.05, 3.63) is 71.4 Å². The molecule has 146 valence electrons. The summed E-state index contributed by atoms with van der Waals surface area (Å²) >= 11 is 0. The third-order valence-corrected chi connectivity index (χ3v) is 4.03. The first-order valence-electron chi connectivity index (χ1n) is 9.34. The van der Waals surface area contributed by atoms with Gasteiger partial charge in [-0.3, -0.25) is 4.98 Å². The lowest BCUT2D eigenvalue weighted by molar-refractivity contribution is 0.0523. The summed E-state index contributed by atoms with van der Waals surface area (Å²) in [4.78, 5) is 16.6. The van der Waals surface area contributed by atoms with E-state index in [2.05, 4.69) is 16.4 Å². The van der Waals surface area contributed by atoms with E-state index in [4.69, 9.17) is 9.47 Å². The molecule has 28 heavy (non-hydrogen) atoms. The molecular weight excluding hydrogens is 352 g/mol. The van der Waals surface area contributed by atoms with Crippen LogP contribution >= 0.6 is 0 Å². The van der Waals surface area contributed by atoms with E-state index in [1.807, 2.05) is 76.2 Å². The highest BCUT2D eigenvalue weighted by Crippen LogP contribution is 2.27. The Labute approximate surface area is 165 Å². The molecule has 5 heteroatoms. The van der Waals surface area contributed by atoms with E-state index in [9.17, 15) is 4.79 Å². The van der Waals surface area contributed by atoms with Gasteiger partial charge < -0.3 is 14.8 Å². The van der Waals surface area contributed by atoms with E-state index in [-0.39, 0.29) is 6.54 Å². The number of aryl methyl sites for hydroxylation is 1. The van der Waals surface area contributed by atoms with Gasteiger partial charge in [-0.1, -0.05) is 42.0 Å². The van der Waals surface area contributed by atoms with Gasteiger partial charge in [0.15, 0.2) is 0 Å². The van der Waals surface area contributed by atoms with Gasteiger partial charge in [0, 0.05) is 11.5 Å². The number of aromatic nitrogens is 1. The maximum absolute atomic E-state index is 11.9. The fourth-order valence-electron chi connectivity index (χ4n) is 2.78. The minimum Gasteiger partial charge on any atom is -0.488 e. The molecule has 2 aromatic carbocycles. The number of hydrogen-bond donors (Lipinski definition) is 1. The number of amides is 1. The Morgan fingerprint density at radius 1 is 1.07 bits per heavy atom. The molecule has 0 bridgehead atoms. The zero-order valence-corrected chi connectivity index (χ0v) is 16.8. The highest BCUT2D eigenvalue weighted by atomic mass is 16.6. The average Bonchev–Trinajstić information content (AvgIpc) is 2.64. The predicted octanol–water partition coefficient (Wildman–Crippen LogP) is 5.15. The monoisotopic (exact) mass is 378 g/mol. The number of hydrogen-bond acceptors (Lipinski definition) is 4. The molecule has 0 radical (unpaired) electrons. The fourth-order valence-corrected chi connectivity index (χ4v) is 2.78. The van der Waals surface area contributed by atoms with Crippen LogP contribution < -0.4 is 10.1 Å². The van der Waals surface area contributed by atoms with Crippen LogP contribution in [0.4, 0.5) is 4.79 Å². The molecule has 0 spiro atoms. The Balaban J connectivity index is 1.81. The van der Waals surface area contributed by atoms with Crippen LogP contribution in [0.1, 0.15) is 37.6 Å². The van der Waals surface area contributed by atoms with Crippen LogP contribution in [-0.2, 0) is 17.9 Å². The van der Waals surface area contributed by atoms with Gasteiger partial charge in [-0.05, 0) is 45.4 Å². The lowest BCUT2D eigenvalue weighted by Crippen LogP contribution is -2.32. The van der Waals surface area contributed by atoms with Gasteiger partial charge in [-0.25, -0.2) is 4.79 Å². The number of carbonyl (C=O) groups is 1. The Kier molecular flexibility index (Phi) is 5.83. The quantitative estimate of drug-likeness (QED) is 0.667. The smallest absolute Gasteiger partial charge is 0.407 e. The Hall–Kier alpha value is -3.08. The van der Waals surface area contributed by atoms with Crippen molar-refractivity contribution in [1.29, 1.82) is 0 Å². The van der Waals surface area contributed by atoms with Crippen molar-refractivity contribution in [3.63, 3.8) is 0 Å². The molecular formula is C23H26N2O3. The number of benzene rings is 2. The van der Waals surface area contributed by atoms with Crippen molar-refractivity contribution >= 4 is 17.0 Å². The van der Waals surface area contributed by atoms with Crippen LogP contribution in [0.25, 0.3) is 10.9 Å². The topological polar surface area (TPSA) is 60.5 Å². The SMILES string of the molecule is Cc1ccc2nc(CNC(=O)OC(C)(C)C)cc(OCc3ccccc3)c2c1. The minimum atomic E-state index is -0.539. The fraction of sp³-hybridized carbons (Fsp3) is 0.304. The highest BCUT2D eigenvalue weighted by Gasteiger charge is 2.16. The summed E-state index contributed by atoms with van der Waals surface area (Å²) in [6.45, 7) is 8.27. The van der Waals surface area contributed by atoms with Crippen LogP contribution in [0.2, 0.25) is 0 Å². The molecule has 0 saturated heterocycles. The molecule has 0 aliphatic carbocycles. The van der Waals surface area contributed by atoms with Gasteiger partial charge in [0.2, 0.25) is 0 Å². The van der Waals surface area contributed by atoms with E-state index in [1.165, 1.54) is 0 Å². The summed E-state index contributed by atoms with van der Waals surface area (Å²) in [5.41, 5.74) is 3.23. The van der Waals surface area contributed by atoms with Gasteiger partial charge >= 0.3 is 6.09 Å². The van der Waals surface area contributed by atoms with Crippen molar-refractivity contribution < 1.29 is 14.3 Å². The van der Waals surface area contributed by atoms with Crippen molar-refractivity contribution in [1.82, 2.24) is 10.3 Å². The van der Waals surface area contributed by atoms with Gasteiger partial charge in [-0.15, -0.1) is 0 Å². The van der Waals surface area contributed by atoms with Gasteiger partial charge in [0.05, 0.1) is 17.8 Å². The molecule has 0 unspecified atom stereocenters. The lowest BCUT2D eigenvalue weighted by atomic mass is 10.1. The molecule has 0 atom stereocenters. The molecule has 3 aromatic rings. The van der Waals surface area contributed by atoms with Crippen molar-refractivity contribution in [2.45, 2.75) is 46.4 Å². The first-order valence-corrected chi connectivity index (χ1v) is 9.34. The summed E-state index contributed by atoms with van der Waals surface area (Å²) < 4.78 is 11.4. The number of fused-ring (bicyclic) bond motifs is 1. The number of rotatable bonds is 5. The summed E-state index contributed by atoms with van der Waals surface area (Å²) in [6, 6.07) is 17.9. The van der Waals surface area contributed by atoms with Gasteiger partial charge in [0.25, 0.3) is 0 Å². The first-order chi connectivity index (χ1) is 13.3. The lowest BCUT2D eigenvalue weighted by Gasteiger charge is -2.19. The van der Waals surface area contributed by atoms with E-state index in [0.29, 0.717) is 12.3 Å². The summed E-state index contributed by atoms with van der Waals surface area (Å²) in [5, 5.41) is 3.71. The summed E-state index contributed by atoms with van der Waals surface area (Å²) in [5.74, 6) is 0.749. The normalized spacial score (nSPS) is 11.3. The molecule has 1 N–H and O–H groups in total. The molecule has 1 aromatic heterocycles. The van der Waals surface area contributed by atoms with Crippen molar-refractivity contribution in [2.24, 2.45) is 0 Å². The van der Waals surface area contributed by atoms with E-state index >= 15 is 0 Å². The maximum Gasteiger partial charge on any atom is 0.407 e. The van der Waals surface area contributed by atoms with E-state index < -0.39 is 11.7 Å². The van der Waals surface area contributed by atoms with Crippen LogP contribution in [0.15, 0.2) is 54.6 Å². The minimum absolute atomic E-state index is 0.264.